The zero-order chi connectivity index (χ0) is 23.9. The molecule has 0 bridgehead atoms. The van der Waals surface area contributed by atoms with Crippen molar-refractivity contribution in [2.24, 2.45) is 0 Å². The molecule has 4 aromatic carbocycles. The van der Waals surface area contributed by atoms with Crippen molar-refractivity contribution in [2.45, 2.75) is 31.7 Å². The van der Waals surface area contributed by atoms with Crippen LogP contribution in [0, 0.1) is 5.82 Å². The van der Waals surface area contributed by atoms with Gasteiger partial charge in [-0.3, -0.25) is 9.59 Å². The van der Waals surface area contributed by atoms with Crippen molar-refractivity contribution in [3.63, 3.8) is 0 Å². The summed E-state index contributed by atoms with van der Waals surface area (Å²) in [5, 5.41) is 4.92. The number of halogens is 2. The molecule has 1 amide bonds. The number of ketones is 1. The van der Waals surface area contributed by atoms with E-state index in [0.29, 0.717) is 28.0 Å². The van der Waals surface area contributed by atoms with Crippen LogP contribution < -0.4 is 5.32 Å². The van der Waals surface area contributed by atoms with E-state index in [1.807, 2.05) is 18.2 Å². The Bertz CT molecular complexity index is 1290. The summed E-state index contributed by atoms with van der Waals surface area (Å²) < 4.78 is 13.5. The Labute approximate surface area is 203 Å². The van der Waals surface area contributed by atoms with Crippen molar-refractivity contribution < 1.29 is 14.0 Å². The summed E-state index contributed by atoms with van der Waals surface area (Å²) in [6, 6.07) is 25.8. The van der Waals surface area contributed by atoms with Crippen LogP contribution in [0.4, 0.5) is 4.39 Å². The minimum Gasteiger partial charge on any atom is -0.338 e. The van der Waals surface area contributed by atoms with Crippen LogP contribution >= 0.6 is 11.6 Å². The fourth-order valence-corrected chi connectivity index (χ4v) is 4.12. The first-order valence-electron chi connectivity index (χ1n) is 11.3. The van der Waals surface area contributed by atoms with E-state index in [2.05, 4.69) is 17.4 Å². The van der Waals surface area contributed by atoms with Crippen LogP contribution in [0.1, 0.15) is 46.8 Å². The van der Waals surface area contributed by atoms with Crippen LogP contribution in [0.25, 0.3) is 10.8 Å². The number of Topliss-reactive ketones (excluding diaryl/α,β-unsaturated/α-hetero) is 1. The monoisotopic (exact) mass is 473 g/mol. The Morgan fingerprint density at radius 2 is 1.53 bits per heavy atom. The summed E-state index contributed by atoms with van der Waals surface area (Å²) in [5.41, 5.74) is 2.34. The standard InChI is InChI=1S/C29H25ClFNO2/c30-25-15-12-21(13-16-25)28(27(33)9-5-4-8-20-6-2-1-3-7-20)32-29(34)24-11-10-23-19-26(31)17-14-22(23)18-24/h1-3,6-7,10-19,28H,4-5,8-9H2,(H,32,34)/t28-/m0/s1. The topological polar surface area (TPSA) is 46.2 Å². The molecule has 1 N–H and O–H groups in total. The third-order valence-electron chi connectivity index (χ3n) is 5.85. The lowest BCUT2D eigenvalue weighted by Gasteiger charge is -2.19. The summed E-state index contributed by atoms with van der Waals surface area (Å²) >= 11 is 6.03. The molecule has 3 nitrogen and oxygen atoms in total. The first-order valence-corrected chi connectivity index (χ1v) is 11.7. The summed E-state index contributed by atoms with van der Waals surface area (Å²) in [6.45, 7) is 0. The molecular formula is C29H25ClFNO2. The molecule has 0 fully saturated rings. The van der Waals surface area contributed by atoms with Gasteiger partial charge in [-0.15, -0.1) is 0 Å². The number of benzene rings is 4. The van der Waals surface area contributed by atoms with Crippen molar-refractivity contribution in [2.75, 3.05) is 0 Å². The smallest absolute Gasteiger partial charge is 0.252 e. The van der Waals surface area contributed by atoms with Crippen LogP contribution in [-0.4, -0.2) is 11.7 Å². The average molecular weight is 474 g/mol. The van der Waals surface area contributed by atoms with Gasteiger partial charge in [0.15, 0.2) is 5.78 Å². The molecule has 0 aliphatic heterocycles. The van der Waals surface area contributed by atoms with Gasteiger partial charge in [-0.25, -0.2) is 4.39 Å². The fraction of sp³-hybridized carbons (Fsp3) is 0.172. The molecule has 4 aromatic rings. The minimum absolute atomic E-state index is 0.0494. The maximum absolute atomic E-state index is 13.5. The Morgan fingerprint density at radius 1 is 0.824 bits per heavy atom. The van der Waals surface area contributed by atoms with E-state index in [1.54, 1.807) is 48.5 Å². The van der Waals surface area contributed by atoms with Crippen LogP contribution in [0.2, 0.25) is 5.02 Å². The summed E-state index contributed by atoms with van der Waals surface area (Å²) in [7, 11) is 0. The second-order valence-corrected chi connectivity index (χ2v) is 8.76. The first kappa shape index (κ1) is 23.7. The van der Waals surface area contributed by atoms with Gasteiger partial charge < -0.3 is 5.32 Å². The Morgan fingerprint density at radius 3 is 2.29 bits per heavy atom. The van der Waals surface area contributed by atoms with E-state index in [0.717, 1.165) is 24.6 Å². The molecule has 0 unspecified atom stereocenters. The van der Waals surface area contributed by atoms with Gasteiger partial charge in [0.1, 0.15) is 11.9 Å². The molecule has 34 heavy (non-hydrogen) atoms. The van der Waals surface area contributed by atoms with E-state index in [1.165, 1.54) is 17.7 Å². The SMILES string of the molecule is O=C(N[C@H](C(=O)CCCCc1ccccc1)c1ccc(Cl)cc1)c1ccc2cc(F)ccc2c1. The number of hydrogen-bond donors (Lipinski definition) is 1. The van der Waals surface area contributed by atoms with E-state index < -0.39 is 6.04 Å². The lowest BCUT2D eigenvalue weighted by atomic mass is 9.97. The molecule has 0 heterocycles. The third kappa shape index (κ3) is 6.09. The van der Waals surface area contributed by atoms with E-state index >= 15 is 0 Å². The van der Waals surface area contributed by atoms with Gasteiger partial charge in [0.05, 0.1) is 0 Å². The number of hydrogen-bond acceptors (Lipinski definition) is 2. The number of rotatable bonds is 9. The zero-order valence-corrected chi connectivity index (χ0v) is 19.4. The lowest BCUT2D eigenvalue weighted by Crippen LogP contribution is -2.33. The van der Waals surface area contributed by atoms with Crippen LogP contribution in [0.5, 0.6) is 0 Å². The van der Waals surface area contributed by atoms with Crippen LogP contribution in [0.15, 0.2) is 91.0 Å². The maximum atomic E-state index is 13.5. The average Bonchev–Trinajstić information content (AvgIpc) is 2.86. The minimum atomic E-state index is -0.773. The molecule has 0 radical (unpaired) electrons. The van der Waals surface area contributed by atoms with E-state index in [-0.39, 0.29) is 17.5 Å². The summed E-state index contributed by atoms with van der Waals surface area (Å²) in [6.07, 6.45) is 2.88. The largest absolute Gasteiger partial charge is 0.338 e. The normalized spacial score (nSPS) is 11.8. The zero-order valence-electron chi connectivity index (χ0n) is 18.6. The highest BCUT2D eigenvalue weighted by atomic mass is 35.5. The van der Waals surface area contributed by atoms with Gasteiger partial charge >= 0.3 is 0 Å². The predicted octanol–water partition coefficient (Wildman–Crippen LogP) is 7.09. The van der Waals surface area contributed by atoms with Crippen molar-refractivity contribution in [1.82, 2.24) is 5.32 Å². The lowest BCUT2D eigenvalue weighted by molar-refractivity contribution is -0.121. The van der Waals surface area contributed by atoms with Crippen molar-refractivity contribution in [3.05, 3.63) is 119 Å². The predicted molar refractivity (Wildman–Crippen MR) is 135 cm³/mol. The number of aryl methyl sites for hydroxylation is 1. The Kier molecular flexibility index (Phi) is 7.71. The molecule has 4 rings (SSSR count). The first-order chi connectivity index (χ1) is 16.5. The summed E-state index contributed by atoms with van der Waals surface area (Å²) in [5.74, 6) is -0.735. The van der Waals surface area contributed by atoms with Gasteiger partial charge in [-0.1, -0.05) is 66.2 Å². The third-order valence-corrected chi connectivity index (χ3v) is 6.10. The molecule has 1 atom stereocenters. The molecule has 5 heteroatoms. The van der Waals surface area contributed by atoms with Gasteiger partial charge in [0.2, 0.25) is 0 Å². The van der Waals surface area contributed by atoms with Crippen molar-refractivity contribution >= 4 is 34.1 Å². The van der Waals surface area contributed by atoms with Gasteiger partial charge in [-0.05, 0) is 77.6 Å². The number of nitrogens with one attached hydrogen (secondary N) is 1. The van der Waals surface area contributed by atoms with Crippen LogP contribution in [-0.2, 0) is 11.2 Å². The number of carbonyl (C=O) groups excluding carboxylic acids is 2. The fourth-order valence-electron chi connectivity index (χ4n) is 3.99. The van der Waals surface area contributed by atoms with Gasteiger partial charge in [0, 0.05) is 17.0 Å². The second kappa shape index (κ2) is 11.1. The molecule has 0 aliphatic carbocycles. The Balaban J connectivity index is 1.46. The Hall–Kier alpha value is -3.50. The molecule has 0 spiro atoms. The molecule has 0 aliphatic rings. The van der Waals surface area contributed by atoms with Crippen molar-refractivity contribution in [3.8, 4) is 0 Å². The molecule has 0 aromatic heterocycles. The molecular weight excluding hydrogens is 449 g/mol. The maximum Gasteiger partial charge on any atom is 0.252 e. The molecule has 172 valence electrons. The molecule has 0 saturated carbocycles. The van der Waals surface area contributed by atoms with E-state index in [9.17, 15) is 14.0 Å². The number of unbranched alkanes of at least 4 members (excludes halogenated alkanes) is 1. The number of fused-ring (bicyclic) bond motifs is 1. The summed E-state index contributed by atoms with van der Waals surface area (Å²) in [4.78, 5) is 26.2. The van der Waals surface area contributed by atoms with Gasteiger partial charge in [0.25, 0.3) is 5.91 Å². The van der Waals surface area contributed by atoms with Crippen LogP contribution in [0.3, 0.4) is 0 Å². The van der Waals surface area contributed by atoms with Gasteiger partial charge in [-0.2, -0.15) is 0 Å². The highest BCUT2D eigenvalue weighted by molar-refractivity contribution is 6.30. The second-order valence-electron chi connectivity index (χ2n) is 8.32. The highest BCUT2D eigenvalue weighted by Gasteiger charge is 2.23. The quantitative estimate of drug-likeness (QED) is 0.264. The number of amides is 1. The highest BCUT2D eigenvalue weighted by Crippen LogP contribution is 2.22. The van der Waals surface area contributed by atoms with Crippen molar-refractivity contribution in [1.29, 1.82) is 0 Å². The molecule has 0 saturated heterocycles. The number of carbonyl (C=O) groups is 2. The van der Waals surface area contributed by atoms with E-state index in [4.69, 9.17) is 11.6 Å².